The van der Waals surface area contributed by atoms with E-state index in [0.29, 0.717) is 0 Å². The molecule has 0 unspecified atom stereocenters. The van der Waals surface area contributed by atoms with Crippen molar-refractivity contribution in [1.29, 1.82) is 0 Å². The summed E-state index contributed by atoms with van der Waals surface area (Å²) in [6, 6.07) is 65.6. The molecule has 0 bridgehead atoms. The van der Waals surface area contributed by atoms with Crippen LogP contribution in [0.15, 0.2) is 170 Å². The Morgan fingerprint density at radius 1 is 0.233 bits per heavy atom. The molecule has 0 saturated heterocycles. The Balaban J connectivity index is 1.19. The van der Waals surface area contributed by atoms with E-state index < -0.39 is 0 Å². The highest BCUT2D eigenvalue weighted by Gasteiger charge is 2.29. The van der Waals surface area contributed by atoms with Crippen LogP contribution in [0.3, 0.4) is 0 Å². The number of hydrogen-bond donors (Lipinski definition) is 0. The highest BCUT2D eigenvalue weighted by molar-refractivity contribution is 6.47. The maximum absolute atomic E-state index is 2.54. The molecule has 0 aliphatic heterocycles. The Morgan fingerprint density at radius 2 is 0.633 bits per heavy atom. The highest BCUT2D eigenvalue weighted by atomic mass is 14.3. The van der Waals surface area contributed by atoms with Gasteiger partial charge in [-0.15, -0.1) is 0 Å². The van der Waals surface area contributed by atoms with Crippen molar-refractivity contribution < 1.29 is 0 Å². The lowest BCUT2D eigenvalue weighted by molar-refractivity contribution is 1.47. The van der Waals surface area contributed by atoms with Crippen molar-refractivity contribution >= 4 is 108 Å². The van der Waals surface area contributed by atoms with E-state index in [4.69, 9.17) is 0 Å². The molecule has 0 heteroatoms. The molecule has 0 amide bonds. The second kappa shape index (κ2) is 10.7. The molecule has 274 valence electrons. The first-order valence-corrected chi connectivity index (χ1v) is 21.3. The van der Waals surface area contributed by atoms with Crippen LogP contribution in [0, 0.1) is 13.8 Å². The number of rotatable bonds is 2. The SMILES string of the molecule is Cc1ccc(-c2c3cc4c(cc3c(-c3ccc(C)cc3)c3c5ccc6c7ccc8c9c(ccc(c%10ccc(c23)c5c%106)c97)-c2ccccc2-8)c2cccc3cccc4c32)cc1. The van der Waals surface area contributed by atoms with Gasteiger partial charge in [-0.05, 0) is 178 Å². The lowest BCUT2D eigenvalue weighted by atomic mass is 9.85. The maximum atomic E-state index is 2.54. The number of hydrogen-bond acceptors (Lipinski definition) is 0. The summed E-state index contributed by atoms with van der Waals surface area (Å²) in [5.74, 6) is 0. The lowest BCUT2D eigenvalue weighted by Crippen LogP contribution is -1.90. The van der Waals surface area contributed by atoms with Gasteiger partial charge in [0.25, 0.3) is 0 Å². The fraction of sp³-hybridized carbons (Fsp3) is 0.0333. The molecule has 0 atom stereocenters. The lowest BCUT2D eigenvalue weighted by Gasteiger charge is -2.17. The fourth-order valence-corrected chi connectivity index (χ4v) is 12.1. The molecule has 14 aromatic carbocycles. The van der Waals surface area contributed by atoms with E-state index in [1.807, 2.05) is 0 Å². The summed E-state index contributed by atoms with van der Waals surface area (Å²) < 4.78 is 0. The monoisotopic (exact) mass is 754 g/mol. The van der Waals surface area contributed by atoms with E-state index in [1.54, 1.807) is 0 Å². The van der Waals surface area contributed by atoms with Crippen LogP contribution in [-0.4, -0.2) is 0 Å². The highest BCUT2D eigenvalue weighted by Crippen LogP contribution is 2.57. The van der Waals surface area contributed by atoms with Crippen molar-refractivity contribution in [1.82, 2.24) is 0 Å². The molecule has 15 rings (SSSR count). The van der Waals surface area contributed by atoms with E-state index in [9.17, 15) is 0 Å². The van der Waals surface area contributed by atoms with Gasteiger partial charge in [0, 0.05) is 0 Å². The molecule has 0 nitrogen and oxygen atoms in total. The molecule has 1 aliphatic carbocycles. The minimum absolute atomic E-state index is 1.26. The molecule has 0 N–H and O–H groups in total. The predicted molar refractivity (Wildman–Crippen MR) is 260 cm³/mol. The molecule has 1 aliphatic rings. The van der Waals surface area contributed by atoms with Crippen molar-refractivity contribution in [2.24, 2.45) is 0 Å². The van der Waals surface area contributed by atoms with Crippen LogP contribution in [0.5, 0.6) is 0 Å². The summed E-state index contributed by atoms with van der Waals surface area (Å²) in [6.45, 7) is 4.39. The largest absolute Gasteiger partial charge is 0.0616 e. The third-order valence-corrected chi connectivity index (χ3v) is 14.6. The van der Waals surface area contributed by atoms with Gasteiger partial charge in [0.05, 0.1) is 0 Å². The zero-order valence-electron chi connectivity index (χ0n) is 33.2. The average Bonchev–Trinajstić information content (AvgIpc) is 3.92. The average molecular weight is 755 g/mol. The number of benzene rings is 12. The smallest absolute Gasteiger partial charge is 0.000740 e. The van der Waals surface area contributed by atoms with Crippen LogP contribution >= 0.6 is 0 Å². The summed E-state index contributed by atoms with van der Waals surface area (Å²) in [6.07, 6.45) is 0. The predicted octanol–water partition coefficient (Wildman–Crippen LogP) is 17.1. The fourth-order valence-electron chi connectivity index (χ4n) is 12.1. The van der Waals surface area contributed by atoms with Crippen LogP contribution in [-0.2, 0) is 0 Å². The molecular weight excluding hydrogens is 721 g/mol. The van der Waals surface area contributed by atoms with Gasteiger partial charge in [-0.25, -0.2) is 0 Å². The second-order valence-corrected chi connectivity index (χ2v) is 17.6. The van der Waals surface area contributed by atoms with Gasteiger partial charge in [-0.1, -0.05) is 169 Å². The van der Waals surface area contributed by atoms with E-state index in [1.165, 1.54) is 163 Å². The molecular formula is C60H34. The Labute approximate surface area is 345 Å². The minimum Gasteiger partial charge on any atom is -0.0616 e. The first-order chi connectivity index (χ1) is 29.6. The van der Waals surface area contributed by atoms with Crippen LogP contribution < -0.4 is 0 Å². The van der Waals surface area contributed by atoms with Crippen LogP contribution in [0.2, 0.25) is 0 Å². The summed E-state index contributed by atoms with van der Waals surface area (Å²) in [5, 5.41) is 26.9. The van der Waals surface area contributed by atoms with Crippen molar-refractivity contribution in [3.05, 3.63) is 181 Å². The van der Waals surface area contributed by atoms with Crippen LogP contribution in [0.25, 0.3) is 152 Å². The quantitative estimate of drug-likeness (QED) is 0.122. The Hall–Kier alpha value is -7.54. The third-order valence-electron chi connectivity index (χ3n) is 14.6. The maximum Gasteiger partial charge on any atom is -0.000740 e. The molecule has 0 fully saturated rings. The molecule has 14 aromatic rings. The van der Waals surface area contributed by atoms with Gasteiger partial charge in [-0.2, -0.15) is 0 Å². The van der Waals surface area contributed by atoms with Crippen LogP contribution in [0.4, 0.5) is 0 Å². The third kappa shape index (κ3) is 3.67. The zero-order chi connectivity index (χ0) is 39.1. The first-order valence-electron chi connectivity index (χ1n) is 21.3. The van der Waals surface area contributed by atoms with E-state index >= 15 is 0 Å². The topological polar surface area (TPSA) is 0 Å². The van der Waals surface area contributed by atoms with Gasteiger partial charge in [0.2, 0.25) is 0 Å². The molecule has 60 heavy (non-hydrogen) atoms. The van der Waals surface area contributed by atoms with Gasteiger partial charge >= 0.3 is 0 Å². The van der Waals surface area contributed by atoms with Gasteiger partial charge in [0.1, 0.15) is 0 Å². The molecule has 0 radical (unpaired) electrons. The summed E-state index contributed by atoms with van der Waals surface area (Å²) >= 11 is 0. The normalized spacial score (nSPS) is 12.8. The zero-order valence-corrected chi connectivity index (χ0v) is 33.2. The van der Waals surface area contributed by atoms with Gasteiger partial charge in [-0.3, -0.25) is 0 Å². The van der Waals surface area contributed by atoms with Crippen molar-refractivity contribution in [3.8, 4) is 44.5 Å². The molecule has 0 heterocycles. The molecule has 0 aromatic heterocycles. The minimum atomic E-state index is 1.26. The number of fused-ring (bicyclic) bond motifs is 12. The van der Waals surface area contributed by atoms with Crippen molar-refractivity contribution in [2.75, 3.05) is 0 Å². The van der Waals surface area contributed by atoms with E-state index in [2.05, 4.69) is 184 Å². The van der Waals surface area contributed by atoms with E-state index in [0.717, 1.165) is 0 Å². The standard InChI is InChI=1S/C60H34/c1-31-13-17-34(18-14-31)53-50-29-48-38-11-5-7-33-8-6-12-39(52(33)38)49(48)30-51(50)54(35-19-15-32(2)16-20-35)60-47-28-26-45-43-24-22-41-37-10-4-3-9-36(37)40-21-23-42(56(43)55(40)41)44-25-27-46(59(53)60)58(47)57(44)45/h3-30H,1-2H3. The summed E-state index contributed by atoms with van der Waals surface area (Å²) in [4.78, 5) is 0. The van der Waals surface area contributed by atoms with Gasteiger partial charge < -0.3 is 0 Å². The molecule has 0 spiro atoms. The van der Waals surface area contributed by atoms with Crippen molar-refractivity contribution in [2.45, 2.75) is 13.8 Å². The number of aryl methyl sites for hydroxylation is 2. The Bertz CT molecular complexity index is 3940. The second-order valence-electron chi connectivity index (χ2n) is 17.6. The van der Waals surface area contributed by atoms with E-state index in [-0.39, 0.29) is 0 Å². The molecule has 0 saturated carbocycles. The Morgan fingerprint density at radius 3 is 1.12 bits per heavy atom. The summed E-state index contributed by atoms with van der Waals surface area (Å²) in [7, 11) is 0. The first kappa shape index (κ1) is 31.5. The van der Waals surface area contributed by atoms with Crippen molar-refractivity contribution in [3.63, 3.8) is 0 Å². The summed E-state index contributed by atoms with van der Waals surface area (Å²) in [5.41, 5.74) is 13.1. The van der Waals surface area contributed by atoms with Crippen LogP contribution in [0.1, 0.15) is 11.1 Å². The van der Waals surface area contributed by atoms with Gasteiger partial charge in [0.15, 0.2) is 0 Å². The Kier molecular flexibility index (Phi) is 5.63.